The highest BCUT2D eigenvalue weighted by atomic mass is 16.5. The number of likely N-dealkylation sites (tertiary alicyclic amines) is 1. The molecule has 0 aliphatic carbocycles. The van der Waals surface area contributed by atoms with Crippen LogP contribution in [0.25, 0.3) is 0 Å². The lowest BCUT2D eigenvalue weighted by Crippen LogP contribution is -2.59. The van der Waals surface area contributed by atoms with Gasteiger partial charge in [-0.15, -0.1) is 13.2 Å². The number of hydrogen-bond acceptors (Lipinski definition) is 5. The Morgan fingerprint density at radius 2 is 1.79 bits per heavy atom. The van der Waals surface area contributed by atoms with Gasteiger partial charge in [0.1, 0.15) is 11.6 Å². The van der Waals surface area contributed by atoms with Gasteiger partial charge in [0.25, 0.3) is 0 Å². The summed E-state index contributed by atoms with van der Waals surface area (Å²) in [6, 6.07) is 7.91. The van der Waals surface area contributed by atoms with E-state index in [1.807, 2.05) is 51.1 Å². The minimum atomic E-state index is -1.15. The van der Waals surface area contributed by atoms with Gasteiger partial charge in [-0.25, -0.2) is 0 Å². The lowest BCUT2D eigenvalue weighted by Gasteiger charge is -2.40. The fourth-order valence-corrected chi connectivity index (χ4v) is 7.69. The number of unbranched alkanes of at least 4 members (excludes halogenated alkanes) is 2. The molecule has 3 saturated heterocycles. The number of benzene rings is 1. The van der Waals surface area contributed by atoms with Crippen LogP contribution in [0.4, 0.5) is 5.69 Å². The second kappa shape index (κ2) is 13.1. The van der Waals surface area contributed by atoms with Crippen molar-refractivity contribution in [3.05, 3.63) is 55.6 Å². The van der Waals surface area contributed by atoms with Gasteiger partial charge in [-0.05, 0) is 43.7 Å². The van der Waals surface area contributed by atoms with Gasteiger partial charge < -0.3 is 24.5 Å². The quantitative estimate of drug-likeness (QED) is 0.243. The van der Waals surface area contributed by atoms with Crippen molar-refractivity contribution in [2.24, 2.45) is 17.8 Å². The summed E-state index contributed by atoms with van der Waals surface area (Å²) in [5.74, 6) is -2.33. The van der Waals surface area contributed by atoms with Gasteiger partial charge in [0.05, 0.1) is 30.1 Å². The fraction of sp³-hybridized carbons (Fsp3) is 0.618. The molecular weight excluding hydrogens is 530 g/mol. The molecule has 1 N–H and O–H groups in total. The molecule has 3 heterocycles. The number of nitrogens with zero attached hydrogens (tertiary/aromatic N) is 3. The third-order valence-electron chi connectivity index (χ3n) is 9.77. The maximum atomic E-state index is 14.7. The van der Waals surface area contributed by atoms with Crippen LogP contribution in [0.15, 0.2) is 55.6 Å². The Labute approximate surface area is 251 Å². The summed E-state index contributed by atoms with van der Waals surface area (Å²) < 4.78 is 6.99. The van der Waals surface area contributed by atoms with Crippen molar-refractivity contribution < 1.29 is 24.2 Å². The Kier molecular flexibility index (Phi) is 9.99. The summed E-state index contributed by atoms with van der Waals surface area (Å²) in [5.41, 5.74) is -1.27. The lowest BCUT2D eigenvalue weighted by molar-refractivity contribution is -0.157. The maximum absolute atomic E-state index is 14.7. The van der Waals surface area contributed by atoms with Crippen LogP contribution in [-0.4, -0.2) is 82.2 Å². The molecule has 0 aromatic heterocycles. The van der Waals surface area contributed by atoms with Gasteiger partial charge in [0.2, 0.25) is 17.7 Å². The summed E-state index contributed by atoms with van der Waals surface area (Å²) in [6.45, 7) is 16.7. The number of anilines is 1. The highest BCUT2D eigenvalue weighted by Gasteiger charge is 2.79. The molecule has 0 radical (unpaired) electrons. The molecule has 3 aliphatic rings. The number of carbonyl (C=O) groups is 3. The maximum Gasteiger partial charge on any atom is 0.248 e. The third kappa shape index (κ3) is 5.21. The number of ether oxygens (including phenoxy) is 1. The van der Waals surface area contributed by atoms with Crippen molar-refractivity contribution in [3.8, 4) is 0 Å². The van der Waals surface area contributed by atoms with Gasteiger partial charge in [-0.2, -0.15) is 0 Å². The van der Waals surface area contributed by atoms with Crippen molar-refractivity contribution in [2.45, 2.75) is 89.5 Å². The standard InChI is InChI=1S/C34H49N3O5/c1-7-11-15-22-35(20-8-2)32(41)29-34-19-18-33(10-4,42-34)27(28(34)31(40)37(29)26(23-38)24(5)6)30(39)36(21-9-3)25-16-13-12-14-17-25/h8-9,12-14,16-17,24,26-29,38H,2-3,7,10-11,15,18-23H2,1,4-6H3/t26-,27-,28-,29?,33+,34?/m0/s1. The molecule has 3 amide bonds. The van der Waals surface area contributed by atoms with Gasteiger partial charge >= 0.3 is 0 Å². The van der Waals surface area contributed by atoms with Crippen LogP contribution in [0, 0.1) is 17.8 Å². The number of aliphatic hydroxyl groups is 1. The van der Waals surface area contributed by atoms with E-state index < -0.39 is 35.1 Å². The Morgan fingerprint density at radius 3 is 2.36 bits per heavy atom. The molecule has 3 fully saturated rings. The molecule has 4 rings (SSSR count). The molecular formula is C34H49N3O5. The summed E-state index contributed by atoms with van der Waals surface area (Å²) in [6.07, 6.45) is 7.89. The monoisotopic (exact) mass is 579 g/mol. The van der Waals surface area contributed by atoms with Gasteiger partial charge in [-0.3, -0.25) is 14.4 Å². The largest absolute Gasteiger partial charge is 0.394 e. The molecule has 6 atom stereocenters. The number of rotatable bonds is 15. The van der Waals surface area contributed by atoms with E-state index in [-0.39, 0.29) is 36.8 Å². The molecule has 2 bridgehead atoms. The molecule has 8 heteroatoms. The van der Waals surface area contributed by atoms with E-state index in [2.05, 4.69) is 20.1 Å². The zero-order chi connectivity index (χ0) is 30.7. The normalized spacial score (nSPS) is 28.6. The number of aliphatic hydroxyl groups excluding tert-OH is 1. The molecule has 0 saturated carbocycles. The van der Waals surface area contributed by atoms with E-state index in [9.17, 15) is 19.5 Å². The molecule has 1 spiro atoms. The van der Waals surface area contributed by atoms with Crippen molar-refractivity contribution >= 4 is 23.4 Å². The Hall–Kier alpha value is -2.97. The third-order valence-corrected chi connectivity index (χ3v) is 9.77. The molecule has 230 valence electrons. The minimum absolute atomic E-state index is 0.106. The van der Waals surface area contributed by atoms with Crippen molar-refractivity contribution in [3.63, 3.8) is 0 Å². The number of para-hydroxylation sites is 1. The first-order chi connectivity index (χ1) is 20.2. The smallest absolute Gasteiger partial charge is 0.248 e. The van der Waals surface area contributed by atoms with E-state index in [1.165, 1.54) is 0 Å². The average molecular weight is 580 g/mol. The number of amides is 3. The average Bonchev–Trinajstić information content (AvgIpc) is 3.59. The van der Waals surface area contributed by atoms with Crippen molar-refractivity contribution in [2.75, 3.05) is 31.1 Å². The zero-order valence-corrected chi connectivity index (χ0v) is 25.8. The first-order valence-corrected chi connectivity index (χ1v) is 15.7. The van der Waals surface area contributed by atoms with Gasteiger partial charge in [0.15, 0.2) is 0 Å². The molecule has 8 nitrogen and oxygen atoms in total. The summed E-state index contributed by atoms with van der Waals surface area (Å²) in [7, 11) is 0. The van der Waals surface area contributed by atoms with E-state index in [0.717, 1.165) is 24.9 Å². The van der Waals surface area contributed by atoms with Crippen LogP contribution in [0.1, 0.15) is 66.2 Å². The molecule has 1 aromatic carbocycles. The molecule has 1 aromatic rings. The number of fused-ring (bicyclic) bond motifs is 1. The van der Waals surface area contributed by atoms with Crippen LogP contribution in [0.3, 0.4) is 0 Å². The molecule has 2 unspecified atom stereocenters. The predicted octanol–water partition coefficient (Wildman–Crippen LogP) is 4.58. The van der Waals surface area contributed by atoms with Crippen molar-refractivity contribution in [1.29, 1.82) is 0 Å². The van der Waals surface area contributed by atoms with E-state index >= 15 is 0 Å². The second-order valence-corrected chi connectivity index (χ2v) is 12.4. The summed E-state index contributed by atoms with van der Waals surface area (Å²) in [5, 5.41) is 10.5. The van der Waals surface area contributed by atoms with Crippen LogP contribution >= 0.6 is 0 Å². The SMILES string of the molecule is C=CCN(CCCCC)C(=O)C1N([C@@H](CO)C(C)C)C(=O)[C@@H]2[C@@H](C(=O)N(CC=C)c3ccccc3)[C@@]3(CC)CCC12O3. The van der Waals surface area contributed by atoms with E-state index in [0.29, 0.717) is 32.4 Å². The van der Waals surface area contributed by atoms with E-state index in [1.54, 1.807) is 26.9 Å². The van der Waals surface area contributed by atoms with Crippen molar-refractivity contribution in [1.82, 2.24) is 9.80 Å². The Morgan fingerprint density at radius 1 is 1.10 bits per heavy atom. The Balaban J connectivity index is 1.84. The number of hydrogen-bond donors (Lipinski definition) is 1. The fourth-order valence-electron chi connectivity index (χ4n) is 7.69. The highest BCUT2D eigenvalue weighted by molar-refractivity contribution is 6.03. The van der Waals surface area contributed by atoms with Gasteiger partial charge in [0, 0.05) is 25.3 Å². The first kappa shape index (κ1) is 32.0. The lowest BCUT2D eigenvalue weighted by atomic mass is 9.64. The zero-order valence-electron chi connectivity index (χ0n) is 25.8. The number of carbonyl (C=O) groups excluding carboxylic acids is 3. The summed E-state index contributed by atoms with van der Waals surface area (Å²) >= 11 is 0. The van der Waals surface area contributed by atoms with Gasteiger partial charge in [-0.1, -0.05) is 70.9 Å². The second-order valence-electron chi connectivity index (χ2n) is 12.4. The van der Waals surface area contributed by atoms with Crippen LogP contribution < -0.4 is 4.90 Å². The van der Waals surface area contributed by atoms with Crippen LogP contribution in [-0.2, 0) is 19.1 Å². The molecule has 3 aliphatic heterocycles. The van der Waals surface area contributed by atoms with E-state index in [4.69, 9.17) is 4.74 Å². The minimum Gasteiger partial charge on any atom is -0.394 e. The first-order valence-electron chi connectivity index (χ1n) is 15.7. The van der Waals surface area contributed by atoms with Crippen LogP contribution in [0.5, 0.6) is 0 Å². The summed E-state index contributed by atoms with van der Waals surface area (Å²) in [4.78, 5) is 48.9. The predicted molar refractivity (Wildman–Crippen MR) is 165 cm³/mol. The van der Waals surface area contributed by atoms with Crippen LogP contribution in [0.2, 0.25) is 0 Å². The Bertz CT molecular complexity index is 1160. The highest BCUT2D eigenvalue weighted by Crippen LogP contribution is 2.65. The molecule has 42 heavy (non-hydrogen) atoms. The topological polar surface area (TPSA) is 90.4 Å².